The minimum absolute atomic E-state index is 0.215. The first-order chi connectivity index (χ1) is 7.61. The number of rotatable bonds is 5. The summed E-state index contributed by atoms with van der Waals surface area (Å²) in [5.41, 5.74) is 5.72. The van der Waals surface area contributed by atoms with Crippen LogP contribution in [0.1, 0.15) is 6.42 Å². The minimum atomic E-state index is -2.46. The molecule has 3 nitrogen and oxygen atoms in total. The molecule has 0 spiro atoms. The summed E-state index contributed by atoms with van der Waals surface area (Å²) in [6.07, 6.45) is 0.215. The molecule has 1 aromatic carbocycles. The van der Waals surface area contributed by atoms with E-state index >= 15 is 0 Å². The van der Waals surface area contributed by atoms with Crippen molar-refractivity contribution in [2.75, 3.05) is 11.9 Å². The Kier molecular flexibility index (Phi) is 5.21. The summed E-state index contributed by atoms with van der Waals surface area (Å²) in [6, 6.07) is 6.33. The smallest absolute Gasteiger partial charge is 0.288 e. The third kappa shape index (κ3) is 4.59. The second-order valence-corrected chi connectivity index (χ2v) is 4.06. The van der Waals surface area contributed by atoms with Crippen molar-refractivity contribution in [2.45, 2.75) is 17.1 Å². The largest absolute Gasteiger partial charge is 0.330 e. The lowest BCUT2D eigenvalue weighted by Gasteiger charge is -2.06. The van der Waals surface area contributed by atoms with E-state index in [1.165, 1.54) is 6.07 Å². The van der Waals surface area contributed by atoms with Gasteiger partial charge >= 0.3 is 0 Å². The maximum absolute atomic E-state index is 12.1. The number of alkyl halides is 2. The first-order valence-electron chi connectivity index (χ1n) is 4.66. The lowest BCUT2D eigenvalue weighted by atomic mass is 10.3. The second kappa shape index (κ2) is 6.44. The summed E-state index contributed by atoms with van der Waals surface area (Å²) < 4.78 is 24.2. The summed E-state index contributed by atoms with van der Waals surface area (Å²) >= 11 is 0.444. The number of carbonyl (C=O) groups excluding carboxylic acids is 1. The molecule has 1 rings (SSSR count). The highest BCUT2D eigenvalue weighted by molar-refractivity contribution is 7.99. The van der Waals surface area contributed by atoms with Crippen LogP contribution in [-0.2, 0) is 4.79 Å². The lowest BCUT2D eigenvalue weighted by molar-refractivity contribution is -0.116. The van der Waals surface area contributed by atoms with E-state index in [1.54, 1.807) is 18.2 Å². The van der Waals surface area contributed by atoms with Crippen molar-refractivity contribution < 1.29 is 13.6 Å². The number of hydrogen-bond donors (Lipinski definition) is 2. The third-order valence-corrected chi connectivity index (χ3v) is 2.42. The van der Waals surface area contributed by atoms with Crippen LogP contribution < -0.4 is 11.1 Å². The van der Waals surface area contributed by atoms with Crippen molar-refractivity contribution >= 4 is 23.4 Å². The molecule has 0 saturated carbocycles. The number of nitrogens with one attached hydrogen (secondary N) is 1. The van der Waals surface area contributed by atoms with E-state index in [4.69, 9.17) is 5.73 Å². The van der Waals surface area contributed by atoms with Gasteiger partial charge in [0.15, 0.2) is 0 Å². The second-order valence-electron chi connectivity index (χ2n) is 2.99. The van der Waals surface area contributed by atoms with E-state index in [-0.39, 0.29) is 18.9 Å². The predicted octanol–water partition coefficient (Wildman–Crippen LogP) is 2.29. The van der Waals surface area contributed by atoms with Gasteiger partial charge in [-0.3, -0.25) is 4.79 Å². The molecule has 0 aromatic heterocycles. The van der Waals surface area contributed by atoms with Gasteiger partial charge < -0.3 is 11.1 Å². The molecule has 0 radical (unpaired) electrons. The molecule has 0 aliphatic heterocycles. The molecule has 3 N–H and O–H groups in total. The van der Waals surface area contributed by atoms with Gasteiger partial charge in [-0.1, -0.05) is 17.8 Å². The van der Waals surface area contributed by atoms with Crippen LogP contribution in [0, 0.1) is 0 Å². The topological polar surface area (TPSA) is 55.1 Å². The van der Waals surface area contributed by atoms with Crippen LogP contribution in [0.3, 0.4) is 0 Å². The minimum Gasteiger partial charge on any atom is -0.330 e. The fraction of sp³-hybridized carbons (Fsp3) is 0.300. The Hall–Kier alpha value is -1.14. The number of thioether (sulfide) groups is 1. The van der Waals surface area contributed by atoms with Crippen LogP contribution in [0.5, 0.6) is 0 Å². The molecule has 0 heterocycles. The van der Waals surface area contributed by atoms with Gasteiger partial charge in [-0.05, 0) is 18.2 Å². The molecule has 0 bridgehead atoms. The quantitative estimate of drug-likeness (QED) is 0.784. The summed E-state index contributed by atoms with van der Waals surface area (Å²) in [5.74, 6) is -2.68. The van der Waals surface area contributed by atoms with E-state index in [2.05, 4.69) is 5.32 Å². The highest BCUT2D eigenvalue weighted by atomic mass is 32.2. The number of anilines is 1. The predicted molar refractivity (Wildman–Crippen MR) is 60.6 cm³/mol. The van der Waals surface area contributed by atoms with E-state index in [0.717, 1.165) is 0 Å². The van der Waals surface area contributed by atoms with Gasteiger partial charge in [-0.2, -0.15) is 8.78 Å². The van der Waals surface area contributed by atoms with Crippen molar-refractivity contribution in [1.29, 1.82) is 0 Å². The number of halogens is 2. The third-order valence-electron chi connectivity index (χ3n) is 1.71. The Balaban J connectivity index is 2.63. The molecular formula is C10H12F2N2OS. The Bertz CT molecular complexity index is 360. The summed E-state index contributed by atoms with van der Waals surface area (Å²) in [6.45, 7) is 0.261. The zero-order valence-corrected chi connectivity index (χ0v) is 9.27. The maximum Gasteiger partial charge on any atom is 0.288 e. The monoisotopic (exact) mass is 246 g/mol. The van der Waals surface area contributed by atoms with Gasteiger partial charge in [-0.15, -0.1) is 0 Å². The Morgan fingerprint density at radius 3 is 2.88 bits per heavy atom. The van der Waals surface area contributed by atoms with Crippen LogP contribution in [0.25, 0.3) is 0 Å². The van der Waals surface area contributed by atoms with Gasteiger partial charge in [0.05, 0.1) is 0 Å². The highest BCUT2D eigenvalue weighted by Gasteiger charge is 2.06. The van der Waals surface area contributed by atoms with Crippen molar-refractivity contribution in [2.24, 2.45) is 5.73 Å². The van der Waals surface area contributed by atoms with Gasteiger partial charge in [0.2, 0.25) is 5.91 Å². The van der Waals surface area contributed by atoms with E-state index < -0.39 is 5.76 Å². The highest BCUT2D eigenvalue weighted by Crippen LogP contribution is 2.27. The molecule has 1 amide bonds. The van der Waals surface area contributed by atoms with Crippen molar-refractivity contribution in [3.05, 3.63) is 24.3 Å². The van der Waals surface area contributed by atoms with Crippen LogP contribution in [0.2, 0.25) is 0 Å². The fourth-order valence-electron chi connectivity index (χ4n) is 1.10. The molecule has 0 aliphatic carbocycles. The normalized spacial score (nSPS) is 10.5. The molecule has 0 atom stereocenters. The number of nitrogens with two attached hydrogens (primary N) is 1. The molecule has 0 fully saturated rings. The van der Waals surface area contributed by atoms with Gasteiger partial charge in [0, 0.05) is 23.5 Å². The average molecular weight is 246 g/mol. The maximum atomic E-state index is 12.1. The molecule has 16 heavy (non-hydrogen) atoms. The Morgan fingerprint density at radius 2 is 2.25 bits per heavy atom. The average Bonchev–Trinajstić information content (AvgIpc) is 2.17. The fourth-order valence-corrected chi connectivity index (χ4v) is 1.66. The molecule has 0 aliphatic rings. The number of amides is 1. The lowest BCUT2D eigenvalue weighted by Crippen LogP contribution is -2.16. The molecule has 0 saturated heterocycles. The first kappa shape index (κ1) is 12.9. The van der Waals surface area contributed by atoms with Gasteiger partial charge in [0.1, 0.15) is 0 Å². The van der Waals surface area contributed by atoms with Crippen LogP contribution in [0.15, 0.2) is 29.2 Å². The zero-order valence-electron chi connectivity index (χ0n) is 8.45. The number of hydrogen-bond acceptors (Lipinski definition) is 3. The summed E-state index contributed by atoms with van der Waals surface area (Å²) in [4.78, 5) is 11.6. The van der Waals surface area contributed by atoms with Crippen LogP contribution in [-0.4, -0.2) is 18.2 Å². The van der Waals surface area contributed by atoms with Crippen molar-refractivity contribution in [3.8, 4) is 0 Å². The summed E-state index contributed by atoms with van der Waals surface area (Å²) in [5, 5.41) is 2.58. The van der Waals surface area contributed by atoms with Crippen LogP contribution in [0.4, 0.5) is 14.5 Å². The molecule has 1 aromatic rings. The first-order valence-corrected chi connectivity index (χ1v) is 5.54. The molecule has 88 valence electrons. The Morgan fingerprint density at radius 1 is 1.50 bits per heavy atom. The number of carbonyl (C=O) groups is 1. The van der Waals surface area contributed by atoms with Gasteiger partial charge in [0.25, 0.3) is 5.76 Å². The Labute approximate surface area is 96.4 Å². The van der Waals surface area contributed by atoms with E-state index in [0.29, 0.717) is 22.3 Å². The van der Waals surface area contributed by atoms with E-state index in [9.17, 15) is 13.6 Å². The van der Waals surface area contributed by atoms with Crippen molar-refractivity contribution in [3.63, 3.8) is 0 Å². The van der Waals surface area contributed by atoms with Crippen molar-refractivity contribution in [1.82, 2.24) is 0 Å². The van der Waals surface area contributed by atoms with Crippen LogP contribution >= 0.6 is 11.8 Å². The molecule has 6 heteroatoms. The summed E-state index contributed by atoms with van der Waals surface area (Å²) in [7, 11) is 0. The molecule has 0 unspecified atom stereocenters. The zero-order chi connectivity index (χ0) is 12.0. The SMILES string of the molecule is NCCC(=O)Nc1cccc(SC(F)F)c1. The number of benzene rings is 1. The molecular weight excluding hydrogens is 234 g/mol. The standard InChI is InChI=1S/C10H12F2N2OS/c11-10(12)16-8-3-1-2-7(6-8)14-9(15)4-5-13/h1-3,6,10H,4-5,13H2,(H,14,15). The van der Waals surface area contributed by atoms with E-state index in [1.807, 2.05) is 0 Å². The van der Waals surface area contributed by atoms with Gasteiger partial charge in [-0.25, -0.2) is 0 Å².